The van der Waals surface area contributed by atoms with Crippen molar-refractivity contribution in [3.05, 3.63) is 42.2 Å². The van der Waals surface area contributed by atoms with Gasteiger partial charge in [-0.3, -0.25) is 14.5 Å². The van der Waals surface area contributed by atoms with Gasteiger partial charge in [0, 0.05) is 49.3 Å². The van der Waals surface area contributed by atoms with Crippen LogP contribution in [0, 0.1) is 17.7 Å². The number of nitrogens with one attached hydrogen (secondary N) is 1. The molecule has 1 aliphatic heterocycles. The van der Waals surface area contributed by atoms with Gasteiger partial charge in [-0.1, -0.05) is 39.3 Å². The number of hydrogen-bond donors (Lipinski definition) is 5. The second kappa shape index (κ2) is 16.8. The molecule has 41 heavy (non-hydrogen) atoms. The molecule has 1 aromatic carbocycles. The number of rotatable bonds is 13. The molecule has 0 aliphatic carbocycles. The smallest absolute Gasteiger partial charge is 0.328 e. The van der Waals surface area contributed by atoms with Crippen molar-refractivity contribution in [1.82, 2.24) is 10.2 Å². The molecular formula is C29H45FN4O7. The molecule has 6 N–H and O–H groups in total. The number of para-hydroxylation sites is 1. The summed E-state index contributed by atoms with van der Waals surface area (Å²) in [5.74, 6) is -3.49. The number of piperazine rings is 1. The van der Waals surface area contributed by atoms with Crippen molar-refractivity contribution >= 4 is 29.4 Å². The third kappa shape index (κ3) is 12.0. The Balaban J connectivity index is 0.000000915. The molecule has 2 amide bonds. The maximum atomic E-state index is 14.3. The van der Waals surface area contributed by atoms with Gasteiger partial charge >= 0.3 is 11.9 Å². The highest BCUT2D eigenvalue weighted by Crippen LogP contribution is 2.29. The summed E-state index contributed by atoms with van der Waals surface area (Å²) < 4.78 is 14.3. The number of aliphatic hydroxyl groups excluding tert-OH is 1. The lowest BCUT2D eigenvalue weighted by atomic mass is 9.87. The molecule has 12 heteroatoms. The molecule has 1 heterocycles. The van der Waals surface area contributed by atoms with Crippen LogP contribution in [-0.2, 0) is 19.2 Å². The standard InChI is InChI=1S/C25H41FN4O3.C4H4O4/c1-6-7-12-28-24(33)18(17(2)3)13-22(31)20(27)14-29-15-23(32)30(16-25(29,4)5)21-11-9-8-10-19(21)26;5-3(6)1-2-4(7)8/h8-11,17-18,20,22,31H,6-7,12-16,27H2,1-5H3,(H,28,33);1-2H,(H,5,6)(H,7,8)/t18-,20-,22-;/m0./s1. The van der Waals surface area contributed by atoms with E-state index in [1.807, 2.05) is 32.6 Å². The third-order valence-corrected chi connectivity index (χ3v) is 6.93. The van der Waals surface area contributed by atoms with E-state index in [9.17, 15) is 28.7 Å². The predicted molar refractivity (Wildman–Crippen MR) is 154 cm³/mol. The number of aliphatic carboxylic acids is 2. The molecule has 1 aromatic rings. The topological polar surface area (TPSA) is 173 Å². The van der Waals surface area contributed by atoms with Crippen molar-refractivity contribution in [2.24, 2.45) is 17.6 Å². The lowest BCUT2D eigenvalue weighted by molar-refractivity contribution is -0.134. The Hall–Kier alpha value is -3.35. The van der Waals surface area contributed by atoms with Gasteiger partial charge in [-0.2, -0.15) is 0 Å². The van der Waals surface area contributed by atoms with E-state index in [0.29, 0.717) is 31.8 Å². The van der Waals surface area contributed by atoms with Crippen LogP contribution in [0.2, 0.25) is 0 Å². The Labute approximate surface area is 241 Å². The van der Waals surface area contributed by atoms with Gasteiger partial charge in [0.1, 0.15) is 5.82 Å². The van der Waals surface area contributed by atoms with E-state index in [1.54, 1.807) is 18.2 Å². The molecule has 11 nitrogen and oxygen atoms in total. The summed E-state index contributed by atoms with van der Waals surface area (Å²) in [6.45, 7) is 11.3. The van der Waals surface area contributed by atoms with Crippen LogP contribution in [-0.4, -0.2) is 87.8 Å². The molecule has 3 atom stereocenters. The minimum absolute atomic E-state index is 0.0568. The van der Waals surface area contributed by atoms with Crippen LogP contribution < -0.4 is 16.0 Å². The highest BCUT2D eigenvalue weighted by molar-refractivity contribution is 5.96. The van der Waals surface area contributed by atoms with E-state index in [4.69, 9.17) is 15.9 Å². The number of halogens is 1. The van der Waals surface area contributed by atoms with Gasteiger partial charge in [-0.05, 0) is 44.7 Å². The number of nitrogens with zero attached hydrogens (tertiary/aromatic N) is 2. The number of aliphatic hydroxyl groups is 1. The second-order valence-electron chi connectivity index (χ2n) is 11.1. The fourth-order valence-corrected chi connectivity index (χ4v) is 4.39. The first kappa shape index (κ1) is 35.7. The quantitative estimate of drug-likeness (QED) is 0.173. The highest BCUT2D eigenvalue weighted by atomic mass is 19.1. The SMILES string of the molecule is CCCCNC(=O)[C@@H](C[C@H](O)[C@@H](N)CN1CC(=O)N(c2ccccc2F)CC1(C)C)C(C)C.O=C(O)C=CC(=O)O. The number of anilines is 1. The van der Waals surface area contributed by atoms with Crippen molar-refractivity contribution in [2.75, 3.05) is 31.1 Å². The van der Waals surface area contributed by atoms with E-state index in [0.717, 1.165) is 12.8 Å². The van der Waals surface area contributed by atoms with E-state index < -0.39 is 35.4 Å². The number of carbonyl (C=O) groups is 4. The number of carboxylic acid groups (broad SMARTS) is 2. The molecule has 0 spiro atoms. The fourth-order valence-electron chi connectivity index (χ4n) is 4.39. The molecular weight excluding hydrogens is 535 g/mol. The summed E-state index contributed by atoms with van der Waals surface area (Å²) in [6.07, 6.45) is 2.41. The third-order valence-electron chi connectivity index (χ3n) is 6.93. The van der Waals surface area contributed by atoms with Crippen LogP contribution >= 0.6 is 0 Å². The predicted octanol–water partition coefficient (Wildman–Crippen LogP) is 2.23. The molecule has 0 radical (unpaired) electrons. The Morgan fingerprint density at radius 1 is 1.15 bits per heavy atom. The number of carboxylic acids is 2. The Morgan fingerprint density at radius 2 is 1.73 bits per heavy atom. The summed E-state index contributed by atoms with van der Waals surface area (Å²) in [6, 6.07) is 5.63. The van der Waals surface area contributed by atoms with Crippen LogP contribution in [0.25, 0.3) is 0 Å². The zero-order chi connectivity index (χ0) is 31.3. The van der Waals surface area contributed by atoms with Crippen molar-refractivity contribution in [1.29, 1.82) is 0 Å². The molecule has 0 saturated carbocycles. The molecule has 0 aromatic heterocycles. The van der Waals surface area contributed by atoms with Gasteiger partial charge in [0.15, 0.2) is 0 Å². The van der Waals surface area contributed by atoms with E-state index in [2.05, 4.69) is 12.2 Å². The number of benzene rings is 1. The summed E-state index contributed by atoms with van der Waals surface area (Å²) in [5.41, 5.74) is 6.15. The first-order chi connectivity index (χ1) is 19.1. The number of amides is 2. The molecule has 0 unspecified atom stereocenters. The highest BCUT2D eigenvalue weighted by Gasteiger charge is 2.40. The molecule has 2 rings (SSSR count). The number of nitrogens with two attached hydrogens (primary N) is 1. The number of carbonyl (C=O) groups excluding carboxylic acids is 2. The minimum atomic E-state index is -1.26. The summed E-state index contributed by atoms with van der Waals surface area (Å²) in [7, 11) is 0. The fraction of sp³-hybridized carbons (Fsp3) is 0.586. The van der Waals surface area contributed by atoms with Gasteiger partial charge in [0.2, 0.25) is 11.8 Å². The largest absolute Gasteiger partial charge is 0.478 e. The van der Waals surface area contributed by atoms with Crippen molar-refractivity contribution in [2.45, 2.75) is 71.6 Å². The van der Waals surface area contributed by atoms with Gasteiger partial charge in [0.25, 0.3) is 0 Å². The maximum absolute atomic E-state index is 14.3. The van der Waals surface area contributed by atoms with Crippen molar-refractivity contribution in [3.8, 4) is 0 Å². The summed E-state index contributed by atoms with van der Waals surface area (Å²) in [4.78, 5) is 48.0. The zero-order valence-corrected chi connectivity index (χ0v) is 24.5. The Kier molecular flexibility index (Phi) is 14.6. The maximum Gasteiger partial charge on any atom is 0.328 e. The minimum Gasteiger partial charge on any atom is -0.478 e. The lowest BCUT2D eigenvalue weighted by Crippen LogP contribution is -2.64. The zero-order valence-electron chi connectivity index (χ0n) is 24.5. The molecule has 230 valence electrons. The van der Waals surface area contributed by atoms with Crippen molar-refractivity contribution < 1.29 is 38.9 Å². The summed E-state index contributed by atoms with van der Waals surface area (Å²) in [5, 5.41) is 29.4. The van der Waals surface area contributed by atoms with Gasteiger partial charge in [-0.15, -0.1) is 0 Å². The molecule has 1 fully saturated rings. The van der Waals surface area contributed by atoms with Crippen LogP contribution in [0.5, 0.6) is 0 Å². The lowest BCUT2D eigenvalue weighted by Gasteiger charge is -2.47. The van der Waals surface area contributed by atoms with Gasteiger partial charge in [0.05, 0.1) is 18.3 Å². The van der Waals surface area contributed by atoms with Gasteiger partial charge < -0.3 is 31.3 Å². The molecule has 1 aliphatic rings. The average Bonchev–Trinajstić information content (AvgIpc) is 2.88. The molecule has 0 bridgehead atoms. The number of unbranched alkanes of at least 4 members (excludes halogenated alkanes) is 1. The Morgan fingerprint density at radius 3 is 2.24 bits per heavy atom. The van der Waals surface area contributed by atoms with Crippen LogP contribution in [0.1, 0.15) is 53.9 Å². The van der Waals surface area contributed by atoms with Crippen LogP contribution in [0.15, 0.2) is 36.4 Å². The van der Waals surface area contributed by atoms with Crippen LogP contribution in [0.4, 0.5) is 10.1 Å². The summed E-state index contributed by atoms with van der Waals surface area (Å²) >= 11 is 0. The second-order valence-corrected chi connectivity index (χ2v) is 11.1. The van der Waals surface area contributed by atoms with Crippen LogP contribution in [0.3, 0.4) is 0 Å². The first-order valence-corrected chi connectivity index (χ1v) is 13.8. The number of hydrogen-bond acceptors (Lipinski definition) is 7. The van der Waals surface area contributed by atoms with Crippen molar-refractivity contribution in [3.63, 3.8) is 0 Å². The Bertz CT molecular complexity index is 1050. The van der Waals surface area contributed by atoms with E-state index in [-0.39, 0.29) is 42.3 Å². The normalized spacial score (nSPS) is 17.5. The van der Waals surface area contributed by atoms with E-state index in [1.165, 1.54) is 11.0 Å². The van der Waals surface area contributed by atoms with E-state index >= 15 is 0 Å². The molecule has 1 saturated heterocycles. The van der Waals surface area contributed by atoms with Gasteiger partial charge in [-0.25, -0.2) is 14.0 Å². The first-order valence-electron chi connectivity index (χ1n) is 13.8. The monoisotopic (exact) mass is 580 g/mol. The average molecular weight is 581 g/mol.